The Morgan fingerprint density at radius 3 is 2.52 bits per heavy atom. The molecule has 0 radical (unpaired) electrons. The lowest BCUT2D eigenvalue weighted by molar-refractivity contribution is -0.137. The molecule has 0 spiro atoms. The Labute approximate surface area is 164 Å². The Morgan fingerprint density at radius 1 is 1.19 bits per heavy atom. The van der Waals surface area contributed by atoms with Gasteiger partial charge in [-0.3, -0.25) is 4.79 Å². The largest absolute Gasteiger partial charge is 0.481 e. The van der Waals surface area contributed by atoms with Crippen LogP contribution < -0.4 is 10.6 Å². The van der Waals surface area contributed by atoms with Gasteiger partial charge >= 0.3 is 12.0 Å². The minimum atomic E-state index is -0.861. The van der Waals surface area contributed by atoms with Gasteiger partial charge in [-0.15, -0.1) is 0 Å². The van der Waals surface area contributed by atoms with Crippen molar-refractivity contribution in [3.8, 4) is 0 Å². The van der Waals surface area contributed by atoms with Crippen LogP contribution in [0.15, 0.2) is 47.2 Å². The fourth-order valence-corrected chi connectivity index (χ4v) is 3.62. The van der Waals surface area contributed by atoms with Crippen molar-refractivity contribution in [3.05, 3.63) is 58.3 Å². The number of rotatable bonds is 10. The van der Waals surface area contributed by atoms with Crippen LogP contribution in [0.25, 0.3) is 0 Å². The number of urea groups is 1. The number of carbonyl (C=O) groups is 2. The Bertz CT molecular complexity index is 705. The number of nitrogens with one attached hydrogen (secondary N) is 2. The van der Waals surface area contributed by atoms with Crippen molar-refractivity contribution < 1.29 is 14.7 Å². The third kappa shape index (κ3) is 7.40. The molecular formula is C20H27N3O3S. The number of amides is 2. The normalized spacial score (nSPS) is 13.1. The molecule has 0 aliphatic heterocycles. The van der Waals surface area contributed by atoms with E-state index in [2.05, 4.69) is 27.0 Å². The quantitative estimate of drug-likeness (QED) is 0.583. The molecule has 0 fully saturated rings. The highest BCUT2D eigenvalue weighted by atomic mass is 32.1. The Kier molecular flexibility index (Phi) is 8.29. The lowest BCUT2D eigenvalue weighted by Gasteiger charge is -2.25. The van der Waals surface area contributed by atoms with Crippen molar-refractivity contribution >= 4 is 23.3 Å². The predicted octanol–water partition coefficient (Wildman–Crippen LogP) is 3.13. The molecule has 0 aliphatic carbocycles. The first kappa shape index (κ1) is 20.9. The molecule has 0 saturated heterocycles. The SMILES string of the molecule is CN(C)C(CNC(=O)NC(CCC(=O)O)Cc1ccccc1)c1ccsc1. The second-order valence-electron chi connectivity index (χ2n) is 6.71. The Morgan fingerprint density at radius 2 is 1.93 bits per heavy atom. The minimum Gasteiger partial charge on any atom is -0.481 e. The van der Waals surface area contributed by atoms with Gasteiger partial charge in [-0.05, 0) is 54.9 Å². The third-order valence-corrected chi connectivity index (χ3v) is 5.08. The average Bonchev–Trinajstić information content (AvgIpc) is 3.14. The summed E-state index contributed by atoms with van der Waals surface area (Å²) in [6.07, 6.45) is 1.01. The molecule has 0 bridgehead atoms. The lowest BCUT2D eigenvalue weighted by Crippen LogP contribution is -2.45. The van der Waals surface area contributed by atoms with E-state index in [1.165, 1.54) is 0 Å². The summed E-state index contributed by atoms with van der Waals surface area (Å²) >= 11 is 1.63. The van der Waals surface area contributed by atoms with E-state index in [0.717, 1.165) is 11.1 Å². The molecule has 27 heavy (non-hydrogen) atoms. The van der Waals surface area contributed by atoms with Crippen LogP contribution in [0.1, 0.15) is 30.0 Å². The second kappa shape index (κ2) is 10.7. The van der Waals surface area contributed by atoms with E-state index in [0.29, 0.717) is 19.4 Å². The Hall–Kier alpha value is -2.38. The van der Waals surface area contributed by atoms with Crippen LogP contribution in [0.3, 0.4) is 0 Å². The maximum Gasteiger partial charge on any atom is 0.315 e. The summed E-state index contributed by atoms with van der Waals surface area (Å²) in [6.45, 7) is 0.479. The molecule has 1 heterocycles. The smallest absolute Gasteiger partial charge is 0.315 e. The summed E-state index contributed by atoms with van der Waals surface area (Å²) < 4.78 is 0. The molecule has 2 amide bonds. The Balaban J connectivity index is 1.92. The monoisotopic (exact) mass is 389 g/mol. The van der Waals surface area contributed by atoms with Gasteiger partial charge in [-0.1, -0.05) is 30.3 Å². The zero-order valence-electron chi connectivity index (χ0n) is 15.7. The zero-order chi connectivity index (χ0) is 19.6. The standard InChI is InChI=1S/C20H27N3O3S/c1-23(2)18(16-10-11-27-14-16)13-21-20(26)22-17(8-9-19(24)25)12-15-6-4-3-5-7-15/h3-7,10-11,14,17-18H,8-9,12-13H2,1-2H3,(H,24,25)(H2,21,22,26). The van der Waals surface area contributed by atoms with E-state index in [1.807, 2.05) is 49.8 Å². The summed E-state index contributed by atoms with van der Waals surface area (Å²) in [4.78, 5) is 25.4. The van der Waals surface area contributed by atoms with Gasteiger partial charge in [0, 0.05) is 19.0 Å². The van der Waals surface area contributed by atoms with Gasteiger partial charge in [0.15, 0.2) is 0 Å². The van der Waals surface area contributed by atoms with Crippen molar-refractivity contribution in [2.24, 2.45) is 0 Å². The summed E-state index contributed by atoms with van der Waals surface area (Å²) in [7, 11) is 3.96. The molecule has 146 valence electrons. The molecular weight excluding hydrogens is 362 g/mol. The first-order chi connectivity index (χ1) is 13.0. The number of thiophene rings is 1. The van der Waals surface area contributed by atoms with Crippen molar-refractivity contribution in [2.45, 2.75) is 31.3 Å². The summed E-state index contributed by atoms with van der Waals surface area (Å²) in [5, 5.41) is 18.9. The van der Waals surface area contributed by atoms with Crippen LogP contribution in [0, 0.1) is 0 Å². The van der Waals surface area contributed by atoms with Crippen LogP contribution in [0.4, 0.5) is 4.79 Å². The van der Waals surface area contributed by atoms with Gasteiger partial charge in [-0.25, -0.2) is 4.79 Å². The molecule has 2 rings (SSSR count). The zero-order valence-corrected chi connectivity index (χ0v) is 16.5. The second-order valence-corrected chi connectivity index (χ2v) is 7.49. The number of carboxylic acid groups (broad SMARTS) is 1. The van der Waals surface area contributed by atoms with Crippen molar-refractivity contribution in [1.82, 2.24) is 15.5 Å². The summed E-state index contributed by atoms with van der Waals surface area (Å²) in [5.74, 6) is -0.861. The number of nitrogens with zero attached hydrogens (tertiary/aromatic N) is 1. The molecule has 2 atom stereocenters. The highest BCUT2D eigenvalue weighted by Gasteiger charge is 2.18. The summed E-state index contributed by atoms with van der Waals surface area (Å²) in [5.41, 5.74) is 2.23. The van der Waals surface area contributed by atoms with Gasteiger partial charge in [0.05, 0.1) is 6.04 Å². The van der Waals surface area contributed by atoms with E-state index < -0.39 is 5.97 Å². The molecule has 1 aromatic heterocycles. The molecule has 0 saturated carbocycles. The number of carbonyl (C=O) groups excluding carboxylic acids is 1. The van der Waals surface area contributed by atoms with Crippen molar-refractivity contribution in [3.63, 3.8) is 0 Å². The van der Waals surface area contributed by atoms with Crippen molar-refractivity contribution in [2.75, 3.05) is 20.6 Å². The fourth-order valence-electron chi connectivity index (χ4n) is 2.91. The maximum absolute atomic E-state index is 12.4. The van der Waals surface area contributed by atoms with E-state index in [-0.39, 0.29) is 24.5 Å². The highest BCUT2D eigenvalue weighted by Crippen LogP contribution is 2.19. The topological polar surface area (TPSA) is 81.7 Å². The van der Waals surface area contributed by atoms with Crippen LogP contribution in [0.5, 0.6) is 0 Å². The van der Waals surface area contributed by atoms with E-state index in [9.17, 15) is 9.59 Å². The lowest BCUT2D eigenvalue weighted by atomic mass is 10.0. The number of aliphatic carboxylic acids is 1. The molecule has 6 nitrogen and oxygen atoms in total. The number of hydrogen-bond donors (Lipinski definition) is 3. The van der Waals surface area contributed by atoms with Gasteiger partial charge in [0.1, 0.15) is 0 Å². The predicted molar refractivity (Wildman–Crippen MR) is 108 cm³/mol. The first-order valence-corrected chi connectivity index (χ1v) is 9.88. The van der Waals surface area contributed by atoms with Gasteiger partial charge in [0.2, 0.25) is 0 Å². The van der Waals surface area contributed by atoms with Gasteiger partial charge < -0.3 is 20.6 Å². The molecule has 2 aromatic rings. The number of benzene rings is 1. The molecule has 2 unspecified atom stereocenters. The van der Waals surface area contributed by atoms with Gasteiger partial charge in [0.25, 0.3) is 0 Å². The summed E-state index contributed by atoms with van der Waals surface area (Å²) in [6, 6.07) is 11.4. The van der Waals surface area contributed by atoms with E-state index in [1.54, 1.807) is 11.3 Å². The molecule has 0 aliphatic rings. The highest BCUT2D eigenvalue weighted by molar-refractivity contribution is 7.07. The first-order valence-electron chi connectivity index (χ1n) is 8.94. The molecule has 7 heteroatoms. The van der Waals surface area contributed by atoms with Crippen LogP contribution in [-0.2, 0) is 11.2 Å². The molecule has 3 N–H and O–H groups in total. The maximum atomic E-state index is 12.4. The van der Waals surface area contributed by atoms with E-state index >= 15 is 0 Å². The molecule has 1 aromatic carbocycles. The number of hydrogen-bond acceptors (Lipinski definition) is 4. The van der Waals surface area contributed by atoms with Crippen LogP contribution in [-0.4, -0.2) is 48.7 Å². The van der Waals surface area contributed by atoms with Crippen molar-refractivity contribution in [1.29, 1.82) is 0 Å². The van der Waals surface area contributed by atoms with Crippen LogP contribution >= 0.6 is 11.3 Å². The minimum absolute atomic E-state index is 0.0208. The van der Waals surface area contributed by atoms with Gasteiger partial charge in [-0.2, -0.15) is 11.3 Å². The van der Waals surface area contributed by atoms with Crippen LogP contribution in [0.2, 0.25) is 0 Å². The third-order valence-electron chi connectivity index (χ3n) is 4.37. The van der Waals surface area contributed by atoms with E-state index in [4.69, 9.17) is 5.11 Å². The fraction of sp³-hybridized carbons (Fsp3) is 0.400. The number of carboxylic acids is 1. The number of likely N-dealkylation sites (N-methyl/N-ethyl adjacent to an activating group) is 1. The average molecular weight is 390 g/mol.